The SMILES string of the molecule is Cc1noc(C)c1S(=O)(=O)NC(C)C(=O)N1CC(C(=O)O)c2ccccc21. The highest BCUT2D eigenvalue weighted by Gasteiger charge is 2.39. The first-order valence-corrected chi connectivity index (χ1v) is 9.70. The summed E-state index contributed by atoms with van der Waals surface area (Å²) in [4.78, 5) is 25.6. The van der Waals surface area contributed by atoms with E-state index in [1.54, 1.807) is 24.3 Å². The number of aliphatic carboxylic acids is 1. The highest BCUT2D eigenvalue weighted by atomic mass is 32.2. The van der Waals surface area contributed by atoms with E-state index in [1.807, 2.05) is 0 Å². The minimum absolute atomic E-state index is 0.0507. The average Bonchev–Trinajstić information content (AvgIpc) is 3.14. The van der Waals surface area contributed by atoms with Crippen LogP contribution in [0.25, 0.3) is 0 Å². The maximum Gasteiger partial charge on any atom is 0.312 e. The Hall–Kier alpha value is -2.72. The number of carbonyl (C=O) groups excluding carboxylic acids is 1. The number of hydrogen-bond acceptors (Lipinski definition) is 6. The Morgan fingerprint density at radius 1 is 1.33 bits per heavy atom. The Bertz CT molecular complexity index is 994. The van der Waals surface area contributed by atoms with Crippen LogP contribution >= 0.6 is 0 Å². The number of aryl methyl sites for hydroxylation is 2. The highest BCUT2D eigenvalue weighted by Crippen LogP contribution is 2.36. The molecule has 1 aromatic carbocycles. The first kappa shape index (κ1) is 19.1. The molecule has 9 nitrogen and oxygen atoms in total. The van der Waals surface area contributed by atoms with E-state index in [0.717, 1.165) is 0 Å². The molecule has 1 aliphatic rings. The lowest BCUT2D eigenvalue weighted by Gasteiger charge is -2.22. The summed E-state index contributed by atoms with van der Waals surface area (Å²) >= 11 is 0. The summed E-state index contributed by atoms with van der Waals surface area (Å²) in [6.45, 7) is 4.32. The van der Waals surface area contributed by atoms with E-state index >= 15 is 0 Å². The van der Waals surface area contributed by atoms with E-state index in [0.29, 0.717) is 11.3 Å². The molecule has 0 radical (unpaired) electrons. The van der Waals surface area contributed by atoms with Crippen LogP contribution in [0, 0.1) is 13.8 Å². The number of aromatic nitrogens is 1. The second-order valence-electron chi connectivity index (χ2n) is 6.39. The molecule has 0 fully saturated rings. The van der Waals surface area contributed by atoms with Crippen molar-refractivity contribution < 1.29 is 27.6 Å². The number of nitrogens with zero attached hydrogens (tertiary/aromatic N) is 2. The number of carboxylic acids is 1. The van der Waals surface area contributed by atoms with Crippen LogP contribution in [0.15, 0.2) is 33.7 Å². The number of para-hydroxylation sites is 1. The monoisotopic (exact) mass is 393 g/mol. The van der Waals surface area contributed by atoms with Gasteiger partial charge >= 0.3 is 5.97 Å². The Balaban J connectivity index is 1.85. The molecular weight excluding hydrogens is 374 g/mol. The average molecular weight is 393 g/mol. The van der Waals surface area contributed by atoms with Crippen LogP contribution in [0.1, 0.15) is 29.9 Å². The summed E-state index contributed by atoms with van der Waals surface area (Å²) in [5.41, 5.74) is 1.19. The molecule has 2 heterocycles. The zero-order chi connectivity index (χ0) is 19.9. The molecule has 2 unspecified atom stereocenters. The van der Waals surface area contributed by atoms with Gasteiger partial charge in [0.2, 0.25) is 15.9 Å². The molecule has 0 bridgehead atoms. The Morgan fingerprint density at radius 3 is 2.59 bits per heavy atom. The zero-order valence-corrected chi connectivity index (χ0v) is 15.8. The van der Waals surface area contributed by atoms with Gasteiger partial charge in [0, 0.05) is 12.2 Å². The first-order valence-electron chi connectivity index (χ1n) is 8.21. The van der Waals surface area contributed by atoms with Gasteiger partial charge in [0.15, 0.2) is 5.76 Å². The molecule has 0 saturated carbocycles. The van der Waals surface area contributed by atoms with Crippen LogP contribution in [-0.4, -0.2) is 43.1 Å². The second-order valence-corrected chi connectivity index (χ2v) is 8.05. The molecule has 3 rings (SSSR count). The van der Waals surface area contributed by atoms with Crippen LogP contribution in [-0.2, 0) is 19.6 Å². The summed E-state index contributed by atoms with van der Waals surface area (Å²) < 4.78 is 32.4. The normalized spacial score (nSPS) is 17.6. The Labute approximate surface area is 156 Å². The van der Waals surface area contributed by atoms with Crippen molar-refractivity contribution >= 4 is 27.6 Å². The fraction of sp³-hybridized carbons (Fsp3) is 0.353. The third kappa shape index (κ3) is 3.33. The predicted octanol–water partition coefficient (Wildman–Crippen LogP) is 1.17. The standard InChI is InChI=1S/C17H19N3O6S/c1-9-15(11(3)26-18-9)27(24,25)19-10(2)16(21)20-8-13(17(22)23)12-6-4-5-7-14(12)20/h4-7,10,13,19H,8H2,1-3H3,(H,22,23). The largest absolute Gasteiger partial charge is 0.481 e. The number of carbonyl (C=O) groups is 2. The lowest BCUT2D eigenvalue weighted by atomic mass is 10.0. The maximum atomic E-state index is 12.9. The first-order chi connectivity index (χ1) is 12.6. The zero-order valence-electron chi connectivity index (χ0n) is 15.0. The summed E-state index contributed by atoms with van der Waals surface area (Å²) in [7, 11) is -4.03. The summed E-state index contributed by atoms with van der Waals surface area (Å²) in [6.07, 6.45) is 0. The fourth-order valence-corrected chi connectivity index (χ4v) is 4.79. The minimum Gasteiger partial charge on any atom is -0.481 e. The van der Waals surface area contributed by atoms with Crippen molar-refractivity contribution in [2.24, 2.45) is 0 Å². The van der Waals surface area contributed by atoms with Gasteiger partial charge in [-0.15, -0.1) is 0 Å². The molecule has 0 spiro atoms. The molecule has 0 saturated heterocycles. The molecule has 10 heteroatoms. The highest BCUT2D eigenvalue weighted by molar-refractivity contribution is 7.89. The Morgan fingerprint density at radius 2 is 2.00 bits per heavy atom. The van der Waals surface area contributed by atoms with E-state index in [2.05, 4.69) is 9.88 Å². The third-order valence-electron chi connectivity index (χ3n) is 4.47. The van der Waals surface area contributed by atoms with Crippen molar-refractivity contribution in [3.05, 3.63) is 41.3 Å². The molecule has 2 atom stereocenters. The van der Waals surface area contributed by atoms with Crippen LogP contribution < -0.4 is 9.62 Å². The number of fused-ring (bicyclic) bond motifs is 1. The number of sulfonamides is 1. The Kier molecular flexibility index (Phi) is 4.79. The van der Waals surface area contributed by atoms with Gasteiger partial charge in [-0.25, -0.2) is 8.42 Å². The summed E-state index contributed by atoms with van der Waals surface area (Å²) in [6, 6.07) is 5.59. The minimum atomic E-state index is -4.03. The topological polar surface area (TPSA) is 130 Å². The molecule has 144 valence electrons. The predicted molar refractivity (Wildman–Crippen MR) is 94.9 cm³/mol. The van der Waals surface area contributed by atoms with Crippen molar-refractivity contribution in [1.29, 1.82) is 0 Å². The molecular formula is C17H19N3O6S. The van der Waals surface area contributed by atoms with Crippen LogP contribution in [0.4, 0.5) is 5.69 Å². The number of benzene rings is 1. The molecule has 27 heavy (non-hydrogen) atoms. The number of rotatable bonds is 5. The van der Waals surface area contributed by atoms with Crippen molar-refractivity contribution in [3.63, 3.8) is 0 Å². The maximum absolute atomic E-state index is 12.9. The van der Waals surface area contributed by atoms with Gasteiger partial charge in [0.1, 0.15) is 16.5 Å². The molecule has 1 aromatic heterocycles. The van der Waals surface area contributed by atoms with Crippen molar-refractivity contribution in [1.82, 2.24) is 9.88 Å². The van der Waals surface area contributed by atoms with Crippen molar-refractivity contribution in [2.75, 3.05) is 11.4 Å². The van der Waals surface area contributed by atoms with E-state index in [4.69, 9.17) is 4.52 Å². The fourth-order valence-electron chi connectivity index (χ4n) is 3.26. The van der Waals surface area contributed by atoms with Crippen LogP contribution in [0.3, 0.4) is 0 Å². The lowest BCUT2D eigenvalue weighted by Crippen LogP contribution is -2.47. The molecule has 2 N–H and O–H groups in total. The smallest absolute Gasteiger partial charge is 0.312 e. The van der Waals surface area contributed by atoms with Gasteiger partial charge in [-0.05, 0) is 32.4 Å². The van der Waals surface area contributed by atoms with Crippen LogP contribution in [0.2, 0.25) is 0 Å². The van der Waals surface area contributed by atoms with Gasteiger partial charge in [-0.3, -0.25) is 9.59 Å². The van der Waals surface area contributed by atoms with Crippen molar-refractivity contribution in [3.8, 4) is 0 Å². The quantitative estimate of drug-likeness (QED) is 0.780. The summed E-state index contributed by atoms with van der Waals surface area (Å²) in [5, 5.41) is 13.0. The van der Waals surface area contributed by atoms with Gasteiger partial charge < -0.3 is 14.5 Å². The van der Waals surface area contributed by atoms with E-state index in [9.17, 15) is 23.1 Å². The molecule has 1 aliphatic heterocycles. The summed E-state index contributed by atoms with van der Waals surface area (Å²) in [5.74, 6) is -2.31. The van der Waals surface area contributed by atoms with Crippen LogP contribution in [0.5, 0.6) is 0 Å². The van der Waals surface area contributed by atoms with Gasteiger partial charge in [0.05, 0.1) is 6.04 Å². The van der Waals surface area contributed by atoms with Crippen molar-refractivity contribution in [2.45, 2.75) is 37.6 Å². The van der Waals surface area contributed by atoms with Gasteiger partial charge in [-0.1, -0.05) is 23.4 Å². The molecule has 0 aliphatic carbocycles. The van der Waals surface area contributed by atoms with E-state index < -0.39 is 33.9 Å². The molecule has 1 amide bonds. The van der Waals surface area contributed by atoms with Gasteiger partial charge in [-0.2, -0.15) is 4.72 Å². The number of amides is 1. The van der Waals surface area contributed by atoms with E-state index in [1.165, 1.54) is 25.7 Å². The number of nitrogens with one attached hydrogen (secondary N) is 1. The number of carboxylic acid groups (broad SMARTS) is 1. The number of anilines is 1. The third-order valence-corrected chi connectivity index (χ3v) is 6.26. The van der Waals surface area contributed by atoms with Gasteiger partial charge in [0.25, 0.3) is 0 Å². The molecule has 2 aromatic rings. The number of hydrogen-bond donors (Lipinski definition) is 2. The van der Waals surface area contributed by atoms with E-state index in [-0.39, 0.29) is 22.9 Å². The second kappa shape index (κ2) is 6.78. The lowest BCUT2D eigenvalue weighted by molar-refractivity contribution is -0.138.